The topological polar surface area (TPSA) is 0 Å². The molecular formula is C10H14BrCl. The fraction of sp³-hybridized carbons (Fsp3) is 1.00. The molecule has 2 heteroatoms. The molecule has 0 amide bonds. The van der Waals surface area contributed by atoms with Crippen molar-refractivity contribution in [2.24, 2.45) is 17.8 Å². The standard InChI is InChI=1S/C10H14BrCl/c11-9-8-2-6-1-7(3-8)5-10(9,12)4-6/h6-9H,1-5H2. The number of hydrogen-bond acceptors (Lipinski definition) is 0. The molecule has 0 nitrogen and oxygen atoms in total. The molecule has 0 spiro atoms. The van der Waals surface area contributed by atoms with E-state index in [0.717, 1.165) is 17.8 Å². The fourth-order valence-corrected chi connectivity index (χ4v) is 5.30. The molecule has 4 aliphatic carbocycles. The van der Waals surface area contributed by atoms with Crippen LogP contribution in [0.1, 0.15) is 32.1 Å². The van der Waals surface area contributed by atoms with Crippen LogP contribution in [0.25, 0.3) is 0 Å². The van der Waals surface area contributed by atoms with Crippen LogP contribution in [0.3, 0.4) is 0 Å². The molecule has 0 aromatic rings. The summed E-state index contributed by atoms with van der Waals surface area (Å²) in [6, 6.07) is 0. The van der Waals surface area contributed by atoms with Crippen molar-refractivity contribution in [3.05, 3.63) is 0 Å². The summed E-state index contributed by atoms with van der Waals surface area (Å²) in [7, 11) is 0. The van der Waals surface area contributed by atoms with Gasteiger partial charge in [0.15, 0.2) is 0 Å². The van der Waals surface area contributed by atoms with Gasteiger partial charge in [-0.05, 0) is 49.9 Å². The van der Waals surface area contributed by atoms with Gasteiger partial charge in [-0.15, -0.1) is 11.6 Å². The van der Waals surface area contributed by atoms with E-state index in [4.69, 9.17) is 11.6 Å². The second kappa shape index (κ2) is 2.42. The first kappa shape index (κ1) is 8.11. The normalized spacial score (nSPS) is 62.5. The zero-order chi connectivity index (χ0) is 8.34. The summed E-state index contributed by atoms with van der Waals surface area (Å²) in [5.74, 6) is 2.83. The third kappa shape index (κ3) is 0.957. The van der Waals surface area contributed by atoms with Gasteiger partial charge < -0.3 is 0 Å². The Morgan fingerprint density at radius 1 is 1.08 bits per heavy atom. The molecule has 68 valence electrons. The van der Waals surface area contributed by atoms with E-state index in [1.807, 2.05) is 0 Å². The second-order valence-corrected chi connectivity index (χ2v) is 6.78. The summed E-state index contributed by atoms with van der Waals surface area (Å²) in [5, 5.41) is 0. The highest BCUT2D eigenvalue weighted by Crippen LogP contribution is 2.60. The van der Waals surface area contributed by atoms with Crippen LogP contribution in [0.5, 0.6) is 0 Å². The lowest BCUT2D eigenvalue weighted by molar-refractivity contribution is 0.0436. The molecule has 0 radical (unpaired) electrons. The van der Waals surface area contributed by atoms with Gasteiger partial charge in [-0.3, -0.25) is 0 Å². The summed E-state index contributed by atoms with van der Waals surface area (Å²) >= 11 is 10.4. The first-order chi connectivity index (χ1) is 5.67. The highest BCUT2D eigenvalue weighted by molar-refractivity contribution is 9.09. The Morgan fingerprint density at radius 2 is 1.67 bits per heavy atom. The van der Waals surface area contributed by atoms with Crippen molar-refractivity contribution in [2.45, 2.75) is 41.8 Å². The Bertz CT molecular complexity index is 202. The zero-order valence-electron chi connectivity index (χ0n) is 7.10. The quantitative estimate of drug-likeness (QED) is 0.576. The Labute approximate surface area is 87.2 Å². The Hall–Kier alpha value is 0.770. The van der Waals surface area contributed by atoms with Crippen molar-refractivity contribution < 1.29 is 0 Å². The lowest BCUT2D eigenvalue weighted by atomic mass is 9.56. The molecule has 4 saturated carbocycles. The van der Waals surface area contributed by atoms with E-state index in [0.29, 0.717) is 4.83 Å². The van der Waals surface area contributed by atoms with E-state index < -0.39 is 0 Å². The minimum Gasteiger partial charge on any atom is -0.118 e. The summed E-state index contributed by atoms with van der Waals surface area (Å²) in [6.07, 6.45) is 6.92. The SMILES string of the molecule is ClC12CC3CC(CC(C3)C1Br)C2. The molecule has 0 aromatic carbocycles. The average Bonchev–Trinajstić information content (AvgIpc) is 1.98. The maximum Gasteiger partial charge on any atom is 0.0579 e. The van der Waals surface area contributed by atoms with Crippen molar-refractivity contribution in [1.29, 1.82) is 0 Å². The van der Waals surface area contributed by atoms with Crippen molar-refractivity contribution in [2.75, 3.05) is 0 Å². The minimum absolute atomic E-state index is 0.148. The first-order valence-electron chi connectivity index (χ1n) is 5.00. The first-order valence-corrected chi connectivity index (χ1v) is 6.30. The zero-order valence-corrected chi connectivity index (χ0v) is 9.44. The van der Waals surface area contributed by atoms with Crippen LogP contribution in [0.4, 0.5) is 0 Å². The Morgan fingerprint density at radius 3 is 2.17 bits per heavy atom. The molecule has 0 heterocycles. The monoisotopic (exact) mass is 248 g/mol. The van der Waals surface area contributed by atoms with Crippen LogP contribution in [-0.4, -0.2) is 9.70 Å². The van der Waals surface area contributed by atoms with Crippen LogP contribution >= 0.6 is 27.5 Å². The highest BCUT2D eigenvalue weighted by atomic mass is 79.9. The van der Waals surface area contributed by atoms with Gasteiger partial charge in [0.2, 0.25) is 0 Å². The lowest BCUT2D eigenvalue weighted by Gasteiger charge is -2.57. The molecule has 4 aliphatic rings. The molecule has 3 atom stereocenters. The molecule has 0 aromatic heterocycles. The van der Waals surface area contributed by atoms with Crippen molar-refractivity contribution in [3.63, 3.8) is 0 Å². The smallest absolute Gasteiger partial charge is 0.0579 e. The third-order valence-electron chi connectivity index (χ3n) is 4.10. The molecular weight excluding hydrogens is 235 g/mol. The van der Waals surface area contributed by atoms with Gasteiger partial charge in [0, 0.05) is 4.83 Å². The van der Waals surface area contributed by atoms with Crippen molar-refractivity contribution in [3.8, 4) is 0 Å². The molecule has 4 rings (SSSR count). The van der Waals surface area contributed by atoms with Gasteiger partial charge in [0.05, 0.1) is 4.87 Å². The molecule has 12 heavy (non-hydrogen) atoms. The summed E-state index contributed by atoms with van der Waals surface area (Å²) in [5.41, 5.74) is 0. The van der Waals surface area contributed by atoms with Crippen LogP contribution in [0.2, 0.25) is 0 Å². The number of hydrogen-bond donors (Lipinski definition) is 0. The van der Waals surface area contributed by atoms with Gasteiger partial charge >= 0.3 is 0 Å². The van der Waals surface area contributed by atoms with Crippen molar-refractivity contribution in [1.82, 2.24) is 0 Å². The van der Waals surface area contributed by atoms with Gasteiger partial charge in [-0.1, -0.05) is 15.9 Å². The second-order valence-electron chi connectivity index (χ2n) is 5.04. The highest BCUT2D eigenvalue weighted by Gasteiger charge is 2.55. The van der Waals surface area contributed by atoms with E-state index in [-0.39, 0.29) is 4.87 Å². The Balaban J connectivity index is 1.97. The van der Waals surface area contributed by atoms with Crippen LogP contribution in [0, 0.1) is 17.8 Å². The summed E-state index contributed by atoms with van der Waals surface area (Å²) < 4.78 is 0. The maximum absolute atomic E-state index is 6.63. The Kier molecular flexibility index (Phi) is 1.63. The third-order valence-corrected chi connectivity index (χ3v) is 6.53. The molecule has 0 aliphatic heterocycles. The molecule has 4 bridgehead atoms. The number of alkyl halides is 2. The predicted octanol–water partition coefficient (Wildman–Crippen LogP) is 3.57. The predicted molar refractivity (Wildman–Crippen MR) is 54.9 cm³/mol. The maximum atomic E-state index is 6.63. The average molecular weight is 250 g/mol. The van der Waals surface area contributed by atoms with Gasteiger partial charge in [0.25, 0.3) is 0 Å². The van der Waals surface area contributed by atoms with Gasteiger partial charge in [-0.25, -0.2) is 0 Å². The van der Waals surface area contributed by atoms with E-state index in [2.05, 4.69) is 15.9 Å². The summed E-state index contributed by atoms with van der Waals surface area (Å²) in [4.78, 5) is 0.758. The molecule has 4 fully saturated rings. The molecule has 0 N–H and O–H groups in total. The number of rotatable bonds is 0. The largest absolute Gasteiger partial charge is 0.118 e. The summed E-state index contributed by atoms with van der Waals surface area (Å²) in [6.45, 7) is 0. The lowest BCUT2D eigenvalue weighted by Crippen LogP contribution is -2.54. The number of halogens is 2. The van der Waals surface area contributed by atoms with E-state index in [9.17, 15) is 0 Å². The van der Waals surface area contributed by atoms with E-state index >= 15 is 0 Å². The van der Waals surface area contributed by atoms with Crippen LogP contribution in [0.15, 0.2) is 0 Å². The van der Waals surface area contributed by atoms with Crippen molar-refractivity contribution >= 4 is 27.5 Å². The molecule has 0 saturated heterocycles. The van der Waals surface area contributed by atoms with E-state index in [1.54, 1.807) is 0 Å². The van der Waals surface area contributed by atoms with Gasteiger partial charge in [0.1, 0.15) is 0 Å². The van der Waals surface area contributed by atoms with Gasteiger partial charge in [-0.2, -0.15) is 0 Å². The van der Waals surface area contributed by atoms with E-state index in [1.165, 1.54) is 32.1 Å². The van der Waals surface area contributed by atoms with Crippen LogP contribution < -0.4 is 0 Å². The van der Waals surface area contributed by atoms with Crippen LogP contribution in [-0.2, 0) is 0 Å². The molecule has 3 unspecified atom stereocenters. The fourth-order valence-electron chi connectivity index (χ4n) is 3.88. The minimum atomic E-state index is 0.148.